The van der Waals surface area contributed by atoms with Gasteiger partial charge in [0, 0.05) is 5.92 Å². The third-order valence-electron chi connectivity index (χ3n) is 3.61. The fraction of sp³-hybridized carbons (Fsp3) is 0.923. The number of carbonyl (C=O) groups excluding carboxylic acids is 1. The average Bonchev–Trinajstić information content (AvgIpc) is 2.29. The Hall–Kier alpha value is -0.370. The van der Waals surface area contributed by atoms with Crippen LogP contribution in [-0.2, 0) is 4.79 Å². The molecule has 88 valence electrons. The van der Waals surface area contributed by atoms with Gasteiger partial charge in [0.2, 0.25) is 0 Å². The van der Waals surface area contributed by atoms with Crippen molar-refractivity contribution in [2.24, 2.45) is 11.8 Å². The highest BCUT2D eigenvalue weighted by atomic mass is 16.1. The van der Waals surface area contributed by atoms with Crippen LogP contribution in [0.5, 0.6) is 0 Å². The second-order valence-corrected chi connectivity index (χ2v) is 4.77. The van der Waals surface area contributed by atoms with E-state index in [4.69, 9.17) is 0 Å². The van der Waals surface area contributed by atoms with Gasteiger partial charge in [-0.15, -0.1) is 0 Å². The van der Waals surface area contributed by atoms with E-state index >= 15 is 0 Å². The van der Waals surface area contributed by atoms with E-state index in [-0.39, 0.29) is 0 Å². The predicted molar refractivity (Wildman–Crippen MR) is 63.9 cm³/mol. The van der Waals surface area contributed by atoms with Gasteiger partial charge in [0.25, 0.3) is 0 Å². The summed E-state index contributed by atoms with van der Waals surface area (Å²) in [6.45, 7) is 5.95. The number of rotatable bonds is 6. The maximum atomic E-state index is 11.8. The number of hydrogen-bond acceptors (Lipinski definition) is 2. The zero-order valence-electron chi connectivity index (χ0n) is 10.2. The molecule has 2 nitrogen and oxygen atoms in total. The number of Topliss-reactive ketones (excluding diaryl/α,β-unsaturated/α-hetero) is 1. The molecule has 0 saturated heterocycles. The second kappa shape index (κ2) is 7.00. The first-order valence-corrected chi connectivity index (χ1v) is 6.51. The molecule has 0 amide bonds. The van der Waals surface area contributed by atoms with Gasteiger partial charge in [-0.2, -0.15) is 0 Å². The lowest BCUT2D eigenvalue weighted by Gasteiger charge is -2.26. The van der Waals surface area contributed by atoms with Crippen molar-refractivity contribution in [1.82, 2.24) is 5.32 Å². The van der Waals surface area contributed by atoms with Gasteiger partial charge in [0.1, 0.15) is 5.78 Å². The van der Waals surface area contributed by atoms with Crippen LogP contribution in [-0.4, -0.2) is 18.9 Å². The van der Waals surface area contributed by atoms with E-state index in [0.717, 1.165) is 31.7 Å². The molecule has 1 N–H and O–H groups in total. The molecule has 1 aliphatic rings. The summed E-state index contributed by atoms with van der Waals surface area (Å²) in [5.74, 6) is 1.69. The van der Waals surface area contributed by atoms with Crippen LogP contribution < -0.4 is 5.32 Å². The zero-order valence-corrected chi connectivity index (χ0v) is 10.2. The molecule has 0 radical (unpaired) electrons. The van der Waals surface area contributed by atoms with Crippen molar-refractivity contribution >= 4 is 5.78 Å². The molecular weight excluding hydrogens is 186 g/mol. The van der Waals surface area contributed by atoms with E-state index in [0.29, 0.717) is 18.2 Å². The van der Waals surface area contributed by atoms with Crippen LogP contribution >= 0.6 is 0 Å². The van der Waals surface area contributed by atoms with Crippen molar-refractivity contribution in [3.63, 3.8) is 0 Å². The number of hydrogen-bond donors (Lipinski definition) is 1. The maximum absolute atomic E-state index is 11.8. The Morgan fingerprint density at radius 1 is 1.20 bits per heavy atom. The summed E-state index contributed by atoms with van der Waals surface area (Å²) in [6, 6.07) is 0. The Morgan fingerprint density at radius 3 is 2.40 bits per heavy atom. The zero-order chi connectivity index (χ0) is 11.1. The summed E-state index contributed by atoms with van der Waals surface area (Å²) >= 11 is 0. The van der Waals surface area contributed by atoms with E-state index < -0.39 is 0 Å². The lowest BCUT2D eigenvalue weighted by molar-refractivity contribution is -0.123. The van der Waals surface area contributed by atoms with E-state index in [1.54, 1.807) is 0 Å². The van der Waals surface area contributed by atoms with E-state index in [1.807, 2.05) is 0 Å². The molecule has 1 fully saturated rings. The Morgan fingerprint density at radius 2 is 1.87 bits per heavy atom. The first-order valence-electron chi connectivity index (χ1n) is 6.51. The lowest BCUT2D eigenvalue weighted by atomic mass is 9.79. The van der Waals surface area contributed by atoms with Gasteiger partial charge in [-0.05, 0) is 44.6 Å². The smallest absolute Gasteiger partial charge is 0.149 e. The van der Waals surface area contributed by atoms with Crippen LogP contribution in [0.1, 0.15) is 52.4 Å². The van der Waals surface area contributed by atoms with Gasteiger partial charge >= 0.3 is 0 Å². The fourth-order valence-corrected chi connectivity index (χ4v) is 2.43. The third kappa shape index (κ3) is 4.33. The summed E-state index contributed by atoms with van der Waals surface area (Å²) in [5.41, 5.74) is 0. The molecule has 0 bridgehead atoms. The highest BCUT2D eigenvalue weighted by Crippen LogP contribution is 2.30. The largest absolute Gasteiger partial charge is 0.310 e. The molecule has 15 heavy (non-hydrogen) atoms. The fourth-order valence-electron chi connectivity index (χ4n) is 2.43. The first kappa shape index (κ1) is 12.7. The van der Waals surface area contributed by atoms with Crippen LogP contribution in [0.3, 0.4) is 0 Å². The molecule has 0 aromatic rings. The summed E-state index contributed by atoms with van der Waals surface area (Å²) < 4.78 is 0. The minimum atomic E-state index is 0.358. The van der Waals surface area contributed by atoms with Crippen LogP contribution in [0, 0.1) is 11.8 Å². The van der Waals surface area contributed by atoms with Crippen molar-refractivity contribution in [2.45, 2.75) is 52.4 Å². The van der Waals surface area contributed by atoms with Crippen molar-refractivity contribution < 1.29 is 4.79 Å². The van der Waals surface area contributed by atoms with Crippen molar-refractivity contribution in [3.8, 4) is 0 Å². The Labute approximate surface area is 93.8 Å². The maximum Gasteiger partial charge on any atom is 0.149 e. The normalized spacial score (nSPS) is 26.5. The quantitative estimate of drug-likeness (QED) is 0.684. The molecule has 0 unspecified atom stereocenters. The van der Waals surface area contributed by atoms with Crippen molar-refractivity contribution in [2.75, 3.05) is 13.1 Å². The lowest BCUT2D eigenvalue weighted by Crippen LogP contribution is -2.31. The number of ketones is 1. The van der Waals surface area contributed by atoms with E-state index in [9.17, 15) is 4.79 Å². The number of carbonyl (C=O) groups is 1. The molecule has 1 saturated carbocycles. The topological polar surface area (TPSA) is 29.1 Å². The van der Waals surface area contributed by atoms with E-state index in [2.05, 4.69) is 19.2 Å². The van der Waals surface area contributed by atoms with Crippen molar-refractivity contribution in [3.05, 3.63) is 0 Å². The average molecular weight is 211 g/mol. The summed E-state index contributed by atoms with van der Waals surface area (Å²) in [5, 5.41) is 3.21. The summed E-state index contributed by atoms with van der Waals surface area (Å²) in [7, 11) is 0. The van der Waals surface area contributed by atoms with Crippen molar-refractivity contribution in [1.29, 1.82) is 0 Å². The predicted octanol–water partition coefficient (Wildman–Crippen LogP) is 2.77. The second-order valence-electron chi connectivity index (χ2n) is 4.77. The van der Waals surface area contributed by atoms with E-state index in [1.165, 1.54) is 19.3 Å². The number of nitrogens with one attached hydrogen (secondary N) is 1. The summed E-state index contributed by atoms with van der Waals surface area (Å²) in [6.07, 6.45) is 7.18. The molecule has 0 heterocycles. The van der Waals surface area contributed by atoms with Gasteiger partial charge in [-0.1, -0.05) is 20.3 Å². The summed E-state index contributed by atoms with van der Waals surface area (Å²) in [4.78, 5) is 11.8. The molecule has 0 aromatic carbocycles. The van der Waals surface area contributed by atoms with Crippen LogP contribution in [0.2, 0.25) is 0 Å². The molecule has 2 heteroatoms. The molecule has 0 aromatic heterocycles. The van der Waals surface area contributed by atoms with Gasteiger partial charge in [0.05, 0.1) is 6.54 Å². The van der Waals surface area contributed by atoms with Gasteiger partial charge in [0.15, 0.2) is 0 Å². The minimum Gasteiger partial charge on any atom is -0.310 e. The van der Waals surface area contributed by atoms with Gasteiger partial charge in [-0.25, -0.2) is 0 Å². The SMILES string of the molecule is CCCNCC(=O)C1CCC(CC)CC1. The van der Waals surface area contributed by atoms with Crippen LogP contribution in [0.4, 0.5) is 0 Å². The highest BCUT2D eigenvalue weighted by Gasteiger charge is 2.24. The van der Waals surface area contributed by atoms with Gasteiger partial charge < -0.3 is 5.32 Å². The van der Waals surface area contributed by atoms with Gasteiger partial charge in [-0.3, -0.25) is 4.79 Å². The molecule has 0 spiro atoms. The molecular formula is C13H25NO. The Bertz CT molecular complexity index is 183. The van der Waals surface area contributed by atoms with Crippen LogP contribution in [0.25, 0.3) is 0 Å². The minimum absolute atomic E-state index is 0.358. The van der Waals surface area contributed by atoms with Crippen LogP contribution in [0.15, 0.2) is 0 Å². The Balaban J connectivity index is 2.18. The third-order valence-corrected chi connectivity index (χ3v) is 3.61. The Kier molecular flexibility index (Phi) is 5.92. The molecule has 1 rings (SSSR count). The standard InChI is InChI=1S/C13H25NO/c1-3-9-14-10-13(15)12-7-5-11(4-2)6-8-12/h11-12,14H,3-10H2,1-2H3. The highest BCUT2D eigenvalue weighted by molar-refractivity contribution is 5.83. The first-order chi connectivity index (χ1) is 7.27. The molecule has 1 aliphatic carbocycles. The monoisotopic (exact) mass is 211 g/mol. The molecule has 0 aliphatic heterocycles. The molecule has 0 atom stereocenters.